The first-order valence-corrected chi connectivity index (χ1v) is 6.14. The monoisotopic (exact) mass is 274 g/mol. The predicted molar refractivity (Wildman–Crippen MR) is 76.8 cm³/mol. The SMILES string of the molecule is COc1cc(C)ccc1Oc1c(C(=N)N)c(C)nn1C. The van der Waals surface area contributed by atoms with Crippen LogP contribution in [-0.4, -0.2) is 22.7 Å². The molecule has 6 nitrogen and oxygen atoms in total. The number of nitrogens with one attached hydrogen (secondary N) is 1. The van der Waals surface area contributed by atoms with Crippen molar-refractivity contribution < 1.29 is 9.47 Å². The molecule has 2 rings (SSSR count). The molecule has 0 radical (unpaired) electrons. The highest BCUT2D eigenvalue weighted by Crippen LogP contribution is 2.34. The van der Waals surface area contributed by atoms with Gasteiger partial charge < -0.3 is 15.2 Å². The van der Waals surface area contributed by atoms with Crippen molar-refractivity contribution in [1.82, 2.24) is 9.78 Å². The summed E-state index contributed by atoms with van der Waals surface area (Å²) in [7, 11) is 3.33. The Morgan fingerprint density at radius 1 is 1.30 bits per heavy atom. The van der Waals surface area contributed by atoms with Crippen LogP contribution in [0.25, 0.3) is 0 Å². The van der Waals surface area contributed by atoms with Crippen molar-refractivity contribution in [2.24, 2.45) is 12.8 Å². The minimum atomic E-state index is -0.0725. The van der Waals surface area contributed by atoms with Crippen LogP contribution in [0.1, 0.15) is 16.8 Å². The van der Waals surface area contributed by atoms with Gasteiger partial charge in [-0.15, -0.1) is 0 Å². The van der Waals surface area contributed by atoms with Gasteiger partial charge in [0.05, 0.1) is 12.8 Å². The van der Waals surface area contributed by atoms with E-state index in [4.69, 9.17) is 20.6 Å². The summed E-state index contributed by atoms with van der Waals surface area (Å²) in [6, 6.07) is 5.63. The van der Waals surface area contributed by atoms with Gasteiger partial charge in [-0.25, -0.2) is 4.68 Å². The quantitative estimate of drug-likeness (QED) is 0.660. The highest BCUT2D eigenvalue weighted by Gasteiger charge is 2.19. The molecule has 1 aromatic carbocycles. The number of methoxy groups -OCH3 is 1. The summed E-state index contributed by atoms with van der Waals surface area (Å²) < 4.78 is 12.7. The number of aryl methyl sites for hydroxylation is 3. The Balaban J connectivity index is 2.47. The summed E-state index contributed by atoms with van der Waals surface area (Å²) >= 11 is 0. The normalized spacial score (nSPS) is 10.4. The van der Waals surface area contributed by atoms with Gasteiger partial charge in [0, 0.05) is 7.05 Å². The maximum Gasteiger partial charge on any atom is 0.229 e. The van der Waals surface area contributed by atoms with Crippen LogP contribution in [0.3, 0.4) is 0 Å². The number of amidine groups is 1. The van der Waals surface area contributed by atoms with Crippen LogP contribution < -0.4 is 15.2 Å². The number of ether oxygens (including phenoxy) is 2. The largest absolute Gasteiger partial charge is 0.493 e. The van der Waals surface area contributed by atoms with Gasteiger partial charge in [-0.1, -0.05) is 6.07 Å². The molecular weight excluding hydrogens is 256 g/mol. The molecule has 0 aliphatic rings. The van der Waals surface area contributed by atoms with Crippen LogP contribution in [0, 0.1) is 19.3 Å². The molecule has 0 bridgehead atoms. The number of nitrogens with zero attached hydrogens (tertiary/aromatic N) is 2. The third kappa shape index (κ3) is 2.45. The van der Waals surface area contributed by atoms with E-state index in [0.29, 0.717) is 28.6 Å². The average Bonchev–Trinajstić information content (AvgIpc) is 2.66. The molecule has 106 valence electrons. The van der Waals surface area contributed by atoms with Gasteiger partial charge in [0.2, 0.25) is 5.88 Å². The standard InChI is InChI=1S/C14H18N4O2/c1-8-5-6-10(11(7-8)19-4)20-14-12(13(15)16)9(2)17-18(14)3/h5-7H,1-4H3,(H3,15,16). The van der Waals surface area contributed by atoms with Crippen LogP contribution >= 0.6 is 0 Å². The lowest BCUT2D eigenvalue weighted by Crippen LogP contribution is -2.13. The molecule has 20 heavy (non-hydrogen) atoms. The van der Waals surface area contributed by atoms with Gasteiger partial charge in [0.15, 0.2) is 11.5 Å². The van der Waals surface area contributed by atoms with Gasteiger partial charge in [-0.05, 0) is 31.5 Å². The first-order chi connectivity index (χ1) is 9.43. The van der Waals surface area contributed by atoms with Crippen molar-refractivity contribution in [2.45, 2.75) is 13.8 Å². The molecule has 0 saturated heterocycles. The van der Waals surface area contributed by atoms with Crippen LogP contribution in [0.2, 0.25) is 0 Å². The number of nitrogens with two attached hydrogens (primary N) is 1. The molecule has 6 heteroatoms. The van der Waals surface area contributed by atoms with E-state index in [0.717, 1.165) is 5.56 Å². The lowest BCUT2D eigenvalue weighted by Gasteiger charge is -2.12. The smallest absolute Gasteiger partial charge is 0.229 e. The summed E-state index contributed by atoms with van der Waals surface area (Å²) in [6.07, 6.45) is 0. The molecule has 0 spiro atoms. The van der Waals surface area contributed by atoms with Gasteiger partial charge in [0.1, 0.15) is 11.4 Å². The molecule has 1 aromatic heterocycles. The highest BCUT2D eigenvalue weighted by molar-refractivity contribution is 5.98. The molecule has 0 amide bonds. The topological polar surface area (TPSA) is 86.2 Å². The number of rotatable bonds is 4. The Morgan fingerprint density at radius 3 is 2.60 bits per heavy atom. The van der Waals surface area contributed by atoms with Crippen molar-refractivity contribution in [3.8, 4) is 17.4 Å². The Hall–Kier alpha value is -2.50. The van der Waals surface area contributed by atoms with Crippen LogP contribution in [-0.2, 0) is 7.05 Å². The van der Waals surface area contributed by atoms with Crippen molar-refractivity contribution >= 4 is 5.84 Å². The summed E-state index contributed by atoms with van der Waals surface area (Å²) in [6.45, 7) is 3.76. The number of aromatic nitrogens is 2. The van der Waals surface area contributed by atoms with Crippen molar-refractivity contribution in [3.63, 3.8) is 0 Å². The lowest BCUT2D eigenvalue weighted by atomic mass is 10.2. The number of nitrogen functional groups attached to an aromatic ring is 1. The zero-order chi connectivity index (χ0) is 14.9. The summed E-state index contributed by atoms with van der Waals surface area (Å²) in [4.78, 5) is 0. The Labute approximate surface area is 117 Å². The molecule has 0 unspecified atom stereocenters. The second-order valence-corrected chi connectivity index (χ2v) is 4.56. The van der Waals surface area contributed by atoms with Gasteiger partial charge >= 0.3 is 0 Å². The fourth-order valence-electron chi connectivity index (χ4n) is 2.03. The molecule has 0 aliphatic carbocycles. The minimum absolute atomic E-state index is 0.0725. The van der Waals surface area contributed by atoms with Gasteiger partial charge in [-0.2, -0.15) is 5.10 Å². The maximum absolute atomic E-state index is 7.64. The third-order valence-electron chi connectivity index (χ3n) is 2.96. The first kappa shape index (κ1) is 13.9. The molecule has 0 atom stereocenters. The maximum atomic E-state index is 7.64. The Morgan fingerprint density at radius 2 is 2.00 bits per heavy atom. The summed E-state index contributed by atoms with van der Waals surface area (Å²) in [5, 5.41) is 11.9. The summed E-state index contributed by atoms with van der Waals surface area (Å²) in [5.74, 6) is 1.54. The van der Waals surface area contributed by atoms with Crippen LogP contribution in [0.4, 0.5) is 0 Å². The van der Waals surface area contributed by atoms with E-state index < -0.39 is 0 Å². The Bertz CT molecular complexity index is 661. The van der Waals surface area contributed by atoms with E-state index in [1.165, 1.54) is 0 Å². The van der Waals surface area contributed by atoms with Gasteiger partial charge in [-0.3, -0.25) is 5.41 Å². The van der Waals surface area contributed by atoms with Crippen LogP contribution in [0.5, 0.6) is 17.4 Å². The second kappa shape index (κ2) is 5.24. The molecule has 3 N–H and O–H groups in total. The molecule has 0 fully saturated rings. The number of hydrogen-bond donors (Lipinski definition) is 2. The summed E-state index contributed by atoms with van der Waals surface area (Å²) in [5.41, 5.74) is 7.82. The second-order valence-electron chi connectivity index (χ2n) is 4.56. The van der Waals surface area contributed by atoms with Crippen LogP contribution in [0.15, 0.2) is 18.2 Å². The molecule has 1 heterocycles. The highest BCUT2D eigenvalue weighted by atomic mass is 16.5. The van der Waals surface area contributed by atoms with Gasteiger partial charge in [0.25, 0.3) is 0 Å². The van der Waals surface area contributed by atoms with E-state index in [9.17, 15) is 0 Å². The average molecular weight is 274 g/mol. The van der Waals surface area contributed by atoms with Crippen molar-refractivity contribution in [3.05, 3.63) is 35.0 Å². The van der Waals surface area contributed by atoms with E-state index in [2.05, 4.69) is 5.10 Å². The Kier molecular flexibility index (Phi) is 3.65. The van der Waals surface area contributed by atoms with E-state index in [1.54, 1.807) is 25.8 Å². The first-order valence-electron chi connectivity index (χ1n) is 6.14. The number of benzene rings is 1. The zero-order valence-corrected chi connectivity index (χ0v) is 12.0. The molecule has 0 saturated carbocycles. The van der Waals surface area contributed by atoms with Crippen molar-refractivity contribution in [1.29, 1.82) is 5.41 Å². The van der Waals surface area contributed by atoms with E-state index >= 15 is 0 Å². The predicted octanol–water partition coefficient (Wildman–Crippen LogP) is 2.12. The molecule has 2 aromatic rings. The fourth-order valence-corrected chi connectivity index (χ4v) is 2.03. The van der Waals surface area contributed by atoms with E-state index in [1.807, 2.05) is 25.1 Å². The molecule has 0 aliphatic heterocycles. The minimum Gasteiger partial charge on any atom is -0.493 e. The third-order valence-corrected chi connectivity index (χ3v) is 2.96. The van der Waals surface area contributed by atoms with Crippen molar-refractivity contribution in [2.75, 3.05) is 7.11 Å². The lowest BCUT2D eigenvalue weighted by molar-refractivity contribution is 0.365. The number of hydrogen-bond acceptors (Lipinski definition) is 4. The zero-order valence-electron chi connectivity index (χ0n) is 12.0. The fraction of sp³-hybridized carbons (Fsp3) is 0.286. The van der Waals surface area contributed by atoms with E-state index in [-0.39, 0.29) is 5.84 Å². The molecular formula is C14H18N4O2.